The van der Waals surface area contributed by atoms with Crippen molar-refractivity contribution in [2.45, 2.75) is 24.0 Å². The molecule has 1 atom stereocenters. The van der Waals surface area contributed by atoms with Gasteiger partial charge in [-0.25, -0.2) is 9.18 Å². The van der Waals surface area contributed by atoms with E-state index in [1.165, 1.54) is 12.1 Å². The number of amides is 4. The number of hydrogen-bond donors (Lipinski definition) is 3. The molecule has 0 radical (unpaired) electrons. The third-order valence-corrected chi connectivity index (χ3v) is 4.53. The van der Waals surface area contributed by atoms with Crippen LogP contribution in [0.15, 0.2) is 29.4 Å². The van der Waals surface area contributed by atoms with Crippen LogP contribution in [0.2, 0.25) is 0 Å². The van der Waals surface area contributed by atoms with E-state index in [9.17, 15) is 18.8 Å². The summed E-state index contributed by atoms with van der Waals surface area (Å²) < 4.78 is 14.9. The summed E-state index contributed by atoms with van der Waals surface area (Å²) in [5.74, 6) is -0.826. The van der Waals surface area contributed by atoms with Crippen LogP contribution in [0, 0.1) is 5.82 Å². The SMILES string of the molecule is NC(=O)CSc1nnc(CC2CC(=O)NC(=O)N2)n1-c1ccc(F)cc1. The number of carbonyl (C=O) groups is 3. The zero-order valence-corrected chi connectivity index (χ0v) is 14.3. The molecule has 136 valence electrons. The van der Waals surface area contributed by atoms with Gasteiger partial charge in [-0.1, -0.05) is 11.8 Å². The fraction of sp³-hybridized carbons (Fsp3) is 0.267. The second-order valence-electron chi connectivity index (χ2n) is 5.59. The van der Waals surface area contributed by atoms with Crippen LogP contribution in [0.1, 0.15) is 12.2 Å². The van der Waals surface area contributed by atoms with Gasteiger partial charge in [0, 0.05) is 24.6 Å². The molecule has 0 aliphatic carbocycles. The molecular weight excluding hydrogens is 363 g/mol. The van der Waals surface area contributed by atoms with Crippen LogP contribution in [-0.4, -0.2) is 44.4 Å². The van der Waals surface area contributed by atoms with Crippen molar-refractivity contribution >= 4 is 29.6 Å². The van der Waals surface area contributed by atoms with E-state index in [0.717, 1.165) is 11.8 Å². The molecule has 1 unspecified atom stereocenters. The smallest absolute Gasteiger partial charge is 0.321 e. The number of nitrogens with two attached hydrogens (primary N) is 1. The van der Waals surface area contributed by atoms with E-state index in [1.54, 1.807) is 16.7 Å². The normalized spacial score (nSPS) is 16.9. The number of imide groups is 1. The molecule has 0 spiro atoms. The fourth-order valence-electron chi connectivity index (χ4n) is 2.53. The maximum Gasteiger partial charge on any atom is 0.321 e. The summed E-state index contributed by atoms with van der Waals surface area (Å²) >= 11 is 1.09. The van der Waals surface area contributed by atoms with Crippen molar-refractivity contribution in [3.05, 3.63) is 35.9 Å². The first kappa shape index (κ1) is 17.9. The molecule has 4 N–H and O–H groups in total. The number of thioether (sulfide) groups is 1. The zero-order valence-electron chi connectivity index (χ0n) is 13.4. The number of urea groups is 1. The number of halogens is 1. The number of rotatable bonds is 6. The third kappa shape index (κ3) is 4.17. The van der Waals surface area contributed by atoms with Gasteiger partial charge in [0.1, 0.15) is 11.6 Å². The summed E-state index contributed by atoms with van der Waals surface area (Å²) in [4.78, 5) is 34.1. The van der Waals surface area contributed by atoms with E-state index < -0.39 is 23.8 Å². The van der Waals surface area contributed by atoms with Crippen LogP contribution in [0.4, 0.5) is 9.18 Å². The molecular formula is C15H15FN6O3S. The lowest BCUT2D eigenvalue weighted by Crippen LogP contribution is -2.53. The predicted molar refractivity (Wildman–Crippen MR) is 90.0 cm³/mol. The largest absolute Gasteiger partial charge is 0.369 e. The Morgan fingerprint density at radius 3 is 2.69 bits per heavy atom. The van der Waals surface area contributed by atoms with Crippen LogP contribution in [0.25, 0.3) is 5.69 Å². The molecule has 2 heterocycles. The van der Waals surface area contributed by atoms with Crippen LogP contribution < -0.4 is 16.4 Å². The highest BCUT2D eigenvalue weighted by Crippen LogP contribution is 2.23. The van der Waals surface area contributed by atoms with E-state index >= 15 is 0 Å². The topological polar surface area (TPSA) is 132 Å². The lowest BCUT2D eigenvalue weighted by atomic mass is 10.1. The van der Waals surface area contributed by atoms with Crippen LogP contribution >= 0.6 is 11.8 Å². The first-order chi connectivity index (χ1) is 12.4. The Labute approximate surface area is 151 Å². The van der Waals surface area contributed by atoms with Crippen molar-refractivity contribution in [3.8, 4) is 5.69 Å². The average Bonchev–Trinajstić information content (AvgIpc) is 2.95. The summed E-state index contributed by atoms with van der Waals surface area (Å²) in [6.45, 7) is 0. The maximum absolute atomic E-state index is 13.2. The highest BCUT2D eigenvalue weighted by atomic mass is 32.2. The van der Waals surface area contributed by atoms with Crippen LogP contribution in [-0.2, 0) is 16.0 Å². The van der Waals surface area contributed by atoms with Crippen LogP contribution in [0.5, 0.6) is 0 Å². The Morgan fingerprint density at radius 1 is 1.31 bits per heavy atom. The number of aromatic nitrogens is 3. The minimum Gasteiger partial charge on any atom is -0.369 e. The van der Waals surface area contributed by atoms with Crippen molar-refractivity contribution in [2.24, 2.45) is 5.73 Å². The first-order valence-electron chi connectivity index (χ1n) is 7.64. The minimum absolute atomic E-state index is 0.00188. The average molecular weight is 378 g/mol. The highest BCUT2D eigenvalue weighted by Gasteiger charge is 2.26. The van der Waals surface area contributed by atoms with Gasteiger partial charge in [0.2, 0.25) is 11.8 Å². The van der Waals surface area contributed by atoms with E-state index in [2.05, 4.69) is 20.8 Å². The lowest BCUT2D eigenvalue weighted by Gasteiger charge is -2.23. The molecule has 1 saturated heterocycles. The number of primary amides is 1. The molecule has 26 heavy (non-hydrogen) atoms. The van der Waals surface area contributed by atoms with Gasteiger partial charge in [0.15, 0.2) is 5.16 Å². The Kier molecular flexibility index (Phi) is 5.16. The van der Waals surface area contributed by atoms with E-state index in [4.69, 9.17) is 5.73 Å². The van der Waals surface area contributed by atoms with Gasteiger partial charge < -0.3 is 11.1 Å². The van der Waals surface area contributed by atoms with Gasteiger partial charge in [-0.15, -0.1) is 10.2 Å². The number of nitrogens with zero attached hydrogens (tertiary/aromatic N) is 3. The fourth-order valence-corrected chi connectivity index (χ4v) is 3.24. The monoisotopic (exact) mass is 378 g/mol. The molecule has 1 aromatic heterocycles. The Hall–Kier alpha value is -2.95. The van der Waals surface area contributed by atoms with Gasteiger partial charge in [-0.3, -0.25) is 19.5 Å². The molecule has 1 aliphatic heterocycles. The summed E-state index contributed by atoms with van der Waals surface area (Å²) in [6, 6.07) is 4.65. The molecule has 11 heteroatoms. The summed E-state index contributed by atoms with van der Waals surface area (Å²) in [7, 11) is 0. The highest BCUT2D eigenvalue weighted by molar-refractivity contribution is 7.99. The molecule has 0 bridgehead atoms. The van der Waals surface area contributed by atoms with Crippen molar-refractivity contribution in [2.75, 3.05) is 5.75 Å². The summed E-state index contributed by atoms with van der Waals surface area (Å²) in [5, 5.41) is 13.4. The standard InChI is InChI=1S/C15H15FN6O3S/c16-8-1-3-10(4-2-8)22-12(20-21-15(22)26-7-11(17)23)5-9-6-13(24)19-14(25)18-9/h1-4,9H,5-7H2,(H2,17,23)(H2,18,19,24,25). The van der Waals surface area contributed by atoms with Crippen molar-refractivity contribution in [3.63, 3.8) is 0 Å². The quantitative estimate of drug-likeness (QED) is 0.612. The number of hydrogen-bond acceptors (Lipinski definition) is 6. The number of carbonyl (C=O) groups excluding carboxylic acids is 3. The molecule has 1 aliphatic rings. The van der Waals surface area contributed by atoms with Gasteiger partial charge >= 0.3 is 6.03 Å². The van der Waals surface area contributed by atoms with Crippen LogP contribution in [0.3, 0.4) is 0 Å². The molecule has 0 saturated carbocycles. The molecule has 2 aromatic rings. The molecule has 3 rings (SSSR count). The molecule has 4 amide bonds. The Balaban J connectivity index is 1.91. The minimum atomic E-state index is -0.567. The van der Waals surface area contributed by atoms with E-state index in [1.807, 2.05) is 0 Å². The summed E-state index contributed by atoms with van der Waals surface area (Å²) in [5.41, 5.74) is 5.76. The molecule has 1 aromatic carbocycles. The number of nitrogens with one attached hydrogen (secondary N) is 2. The molecule has 1 fully saturated rings. The Bertz CT molecular complexity index is 838. The Morgan fingerprint density at radius 2 is 2.04 bits per heavy atom. The predicted octanol–water partition coefficient (Wildman–Crippen LogP) is 0.124. The third-order valence-electron chi connectivity index (χ3n) is 3.58. The van der Waals surface area contributed by atoms with Gasteiger partial charge in [-0.05, 0) is 24.3 Å². The van der Waals surface area contributed by atoms with Crippen molar-refractivity contribution in [1.82, 2.24) is 25.4 Å². The summed E-state index contributed by atoms with van der Waals surface area (Å²) in [6.07, 6.45) is 0.340. The van der Waals surface area contributed by atoms with Gasteiger partial charge in [-0.2, -0.15) is 0 Å². The second kappa shape index (κ2) is 7.52. The van der Waals surface area contributed by atoms with E-state index in [-0.39, 0.29) is 24.5 Å². The molecule has 9 nitrogen and oxygen atoms in total. The van der Waals surface area contributed by atoms with Crippen molar-refractivity contribution < 1.29 is 18.8 Å². The van der Waals surface area contributed by atoms with Gasteiger partial charge in [0.05, 0.1) is 5.75 Å². The first-order valence-corrected chi connectivity index (χ1v) is 8.62. The van der Waals surface area contributed by atoms with Gasteiger partial charge in [0.25, 0.3) is 0 Å². The van der Waals surface area contributed by atoms with E-state index in [0.29, 0.717) is 16.7 Å². The van der Waals surface area contributed by atoms with Crippen molar-refractivity contribution in [1.29, 1.82) is 0 Å². The number of benzene rings is 1. The maximum atomic E-state index is 13.2. The lowest BCUT2D eigenvalue weighted by molar-refractivity contribution is -0.121. The zero-order chi connectivity index (χ0) is 18.7. The second-order valence-corrected chi connectivity index (χ2v) is 6.53.